The smallest absolute Gasteiger partial charge is 0.122 e. The number of aryl methyl sites for hydroxylation is 1. The maximum Gasteiger partial charge on any atom is 0.122 e. The molecule has 0 N–H and O–H groups in total. The first-order chi connectivity index (χ1) is 7.19. The van der Waals surface area contributed by atoms with Gasteiger partial charge in [0.2, 0.25) is 0 Å². The molecular formula is C14H18O. The summed E-state index contributed by atoms with van der Waals surface area (Å²) < 4.78 is 5.35. The average molecular weight is 202 g/mol. The SMILES string of the molecule is CC#CCC(C)c1cc(C)ccc1OC. The third-order valence-corrected chi connectivity index (χ3v) is 2.50. The highest BCUT2D eigenvalue weighted by atomic mass is 16.5. The Kier molecular flexibility index (Phi) is 4.24. The standard InChI is InChI=1S/C14H18O/c1-5-6-7-12(3)13-10-11(2)8-9-14(13)15-4/h8-10,12H,7H2,1-4H3. The minimum absolute atomic E-state index is 0.423. The highest BCUT2D eigenvalue weighted by molar-refractivity contribution is 5.39. The first kappa shape index (κ1) is 11.7. The van der Waals surface area contributed by atoms with Gasteiger partial charge >= 0.3 is 0 Å². The summed E-state index contributed by atoms with van der Waals surface area (Å²) in [4.78, 5) is 0. The number of ether oxygens (including phenoxy) is 1. The molecule has 0 bridgehead atoms. The van der Waals surface area contributed by atoms with E-state index in [9.17, 15) is 0 Å². The van der Waals surface area contributed by atoms with E-state index in [1.807, 2.05) is 13.0 Å². The molecule has 0 radical (unpaired) electrons. The van der Waals surface area contributed by atoms with E-state index in [0.717, 1.165) is 12.2 Å². The number of rotatable bonds is 3. The average Bonchev–Trinajstić information content (AvgIpc) is 2.25. The van der Waals surface area contributed by atoms with Gasteiger partial charge in [0.25, 0.3) is 0 Å². The Labute approximate surface area is 92.5 Å². The highest BCUT2D eigenvalue weighted by Crippen LogP contribution is 2.29. The first-order valence-electron chi connectivity index (χ1n) is 5.23. The van der Waals surface area contributed by atoms with Crippen LogP contribution in [0, 0.1) is 18.8 Å². The number of hydrogen-bond acceptors (Lipinski definition) is 1. The van der Waals surface area contributed by atoms with E-state index < -0.39 is 0 Å². The maximum absolute atomic E-state index is 5.35. The van der Waals surface area contributed by atoms with Crippen molar-refractivity contribution in [2.75, 3.05) is 7.11 Å². The summed E-state index contributed by atoms with van der Waals surface area (Å²) in [6.07, 6.45) is 0.885. The summed E-state index contributed by atoms with van der Waals surface area (Å²) in [7, 11) is 1.71. The minimum atomic E-state index is 0.423. The van der Waals surface area contributed by atoms with Crippen LogP contribution in [0.4, 0.5) is 0 Å². The number of hydrogen-bond donors (Lipinski definition) is 0. The van der Waals surface area contributed by atoms with Crippen molar-refractivity contribution in [3.63, 3.8) is 0 Å². The van der Waals surface area contributed by atoms with Crippen molar-refractivity contribution >= 4 is 0 Å². The molecule has 1 aromatic rings. The van der Waals surface area contributed by atoms with Crippen LogP contribution < -0.4 is 4.74 Å². The first-order valence-corrected chi connectivity index (χ1v) is 5.23. The molecule has 80 valence electrons. The predicted molar refractivity (Wildman–Crippen MR) is 64.2 cm³/mol. The normalized spacial score (nSPS) is 11.5. The fourth-order valence-corrected chi connectivity index (χ4v) is 1.60. The number of methoxy groups -OCH3 is 1. The van der Waals surface area contributed by atoms with Crippen LogP contribution in [0.5, 0.6) is 5.75 Å². The minimum Gasteiger partial charge on any atom is -0.496 e. The quantitative estimate of drug-likeness (QED) is 0.681. The van der Waals surface area contributed by atoms with E-state index in [2.05, 4.69) is 37.8 Å². The summed E-state index contributed by atoms with van der Waals surface area (Å²) in [5.41, 5.74) is 2.52. The summed E-state index contributed by atoms with van der Waals surface area (Å²) >= 11 is 0. The molecule has 0 saturated heterocycles. The van der Waals surface area contributed by atoms with Crippen LogP contribution in [0.25, 0.3) is 0 Å². The second-order valence-electron chi connectivity index (χ2n) is 3.78. The third-order valence-electron chi connectivity index (χ3n) is 2.50. The molecule has 1 aromatic carbocycles. The largest absolute Gasteiger partial charge is 0.496 e. The van der Waals surface area contributed by atoms with Gasteiger partial charge in [-0.3, -0.25) is 0 Å². The van der Waals surface area contributed by atoms with Gasteiger partial charge in [-0.05, 0) is 31.4 Å². The van der Waals surface area contributed by atoms with Gasteiger partial charge in [0.15, 0.2) is 0 Å². The lowest BCUT2D eigenvalue weighted by Gasteiger charge is -2.14. The second kappa shape index (κ2) is 5.46. The molecule has 0 aliphatic carbocycles. The summed E-state index contributed by atoms with van der Waals surface area (Å²) in [6, 6.07) is 6.28. The molecule has 1 rings (SSSR count). The zero-order chi connectivity index (χ0) is 11.3. The van der Waals surface area contributed by atoms with Crippen molar-refractivity contribution in [1.29, 1.82) is 0 Å². The topological polar surface area (TPSA) is 9.23 Å². The fraction of sp³-hybridized carbons (Fsp3) is 0.429. The Balaban J connectivity index is 2.97. The lowest BCUT2D eigenvalue weighted by molar-refractivity contribution is 0.406. The Hall–Kier alpha value is -1.42. The third kappa shape index (κ3) is 3.02. The molecule has 15 heavy (non-hydrogen) atoms. The van der Waals surface area contributed by atoms with Crippen LogP contribution in [0.2, 0.25) is 0 Å². The van der Waals surface area contributed by atoms with E-state index in [0.29, 0.717) is 5.92 Å². The van der Waals surface area contributed by atoms with Crippen LogP contribution in [-0.2, 0) is 0 Å². The predicted octanol–water partition coefficient (Wildman–Crippen LogP) is 3.52. The van der Waals surface area contributed by atoms with Crippen molar-refractivity contribution < 1.29 is 4.74 Å². The molecule has 0 aliphatic heterocycles. The number of benzene rings is 1. The zero-order valence-corrected chi connectivity index (χ0v) is 9.92. The lowest BCUT2D eigenvalue weighted by Crippen LogP contribution is -1.97. The Morgan fingerprint density at radius 3 is 2.73 bits per heavy atom. The van der Waals surface area contributed by atoms with Crippen LogP contribution in [0.15, 0.2) is 18.2 Å². The van der Waals surface area contributed by atoms with Crippen molar-refractivity contribution in [3.05, 3.63) is 29.3 Å². The lowest BCUT2D eigenvalue weighted by atomic mass is 9.95. The van der Waals surface area contributed by atoms with Crippen LogP contribution >= 0.6 is 0 Å². The molecular weight excluding hydrogens is 184 g/mol. The molecule has 0 aromatic heterocycles. The fourth-order valence-electron chi connectivity index (χ4n) is 1.60. The van der Waals surface area contributed by atoms with Crippen molar-refractivity contribution in [1.82, 2.24) is 0 Å². The molecule has 0 saturated carbocycles. The molecule has 1 unspecified atom stereocenters. The van der Waals surface area contributed by atoms with Gasteiger partial charge in [-0.15, -0.1) is 11.8 Å². The van der Waals surface area contributed by atoms with E-state index in [4.69, 9.17) is 4.74 Å². The highest BCUT2D eigenvalue weighted by Gasteiger charge is 2.10. The van der Waals surface area contributed by atoms with Crippen molar-refractivity contribution in [2.24, 2.45) is 0 Å². The van der Waals surface area contributed by atoms with Gasteiger partial charge in [0, 0.05) is 6.42 Å². The van der Waals surface area contributed by atoms with Crippen LogP contribution in [0.1, 0.15) is 37.3 Å². The van der Waals surface area contributed by atoms with E-state index >= 15 is 0 Å². The summed E-state index contributed by atoms with van der Waals surface area (Å²) in [6.45, 7) is 6.16. The molecule has 1 nitrogen and oxygen atoms in total. The van der Waals surface area contributed by atoms with Gasteiger partial charge < -0.3 is 4.74 Å². The van der Waals surface area contributed by atoms with Crippen molar-refractivity contribution in [2.45, 2.75) is 33.1 Å². The van der Waals surface area contributed by atoms with Gasteiger partial charge in [-0.2, -0.15) is 0 Å². The Bertz CT molecular complexity index is 382. The van der Waals surface area contributed by atoms with Gasteiger partial charge in [-0.25, -0.2) is 0 Å². The van der Waals surface area contributed by atoms with Gasteiger partial charge in [-0.1, -0.05) is 24.6 Å². The maximum atomic E-state index is 5.35. The molecule has 0 heterocycles. The molecule has 0 amide bonds. The van der Waals surface area contributed by atoms with E-state index in [-0.39, 0.29) is 0 Å². The Morgan fingerprint density at radius 1 is 1.40 bits per heavy atom. The second-order valence-corrected chi connectivity index (χ2v) is 3.78. The molecule has 0 spiro atoms. The van der Waals surface area contributed by atoms with Gasteiger partial charge in [0.1, 0.15) is 5.75 Å². The Morgan fingerprint density at radius 2 is 2.13 bits per heavy atom. The van der Waals surface area contributed by atoms with Crippen LogP contribution in [-0.4, -0.2) is 7.11 Å². The van der Waals surface area contributed by atoms with Crippen molar-refractivity contribution in [3.8, 4) is 17.6 Å². The van der Waals surface area contributed by atoms with E-state index in [1.165, 1.54) is 11.1 Å². The summed E-state index contributed by atoms with van der Waals surface area (Å²) in [5, 5.41) is 0. The molecule has 1 heteroatoms. The molecule has 1 atom stereocenters. The van der Waals surface area contributed by atoms with Crippen LogP contribution in [0.3, 0.4) is 0 Å². The summed E-state index contributed by atoms with van der Waals surface area (Å²) in [5.74, 6) is 7.43. The zero-order valence-electron chi connectivity index (χ0n) is 9.92. The monoisotopic (exact) mass is 202 g/mol. The molecule has 0 fully saturated rings. The molecule has 0 aliphatic rings. The van der Waals surface area contributed by atoms with E-state index in [1.54, 1.807) is 7.11 Å². The van der Waals surface area contributed by atoms with Gasteiger partial charge in [0.05, 0.1) is 7.11 Å².